The van der Waals surface area contributed by atoms with Crippen molar-refractivity contribution < 1.29 is 0 Å². The molecule has 8 aromatic carbocycles. The van der Waals surface area contributed by atoms with Gasteiger partial charge in [-0.1, -0.05) is 185 Å². The van der Waals surface area contributed by atoms with Gasteiger partial charge in [0.25, 0.3) is 0 Å². The number of nitrogens with zero attached hydrogens (tertiary/aromatic N) is 1. The van der Waals surface area contributed by atoms with Crippen molar-refractivity contribution >= 4 is 35.5 Å². The van der Waals surface area contributed by atoms with Crippen LogP contribution in [0.5, 0.6) is 0 Å². The molecule has 268 valence electrons. The highest BCUT2D eigenvalue weighted by Gasteiger charge is 2.48. The molecule has 0 saturated carbocycles. The van der Waals surface area contributed by atoms with Crippen LogP contribution in [0, 0.1) is 0 Å². The van der Waals surface area contributed by atoms with Crippen LogP contribution < -0.4 is 15.3 Å². The number of hydrogen-bond donors (Lipinski definition) is 0. The molecule has 56 heavy (non-hydrogen) atoms. The molecule has 0 spiro atoms. The Morgan fingerprint density at radius 2 is 0.839 bits per heavy atom. The Balaban J connectivity index is 1.22. The molecule has 2 heteroatoms. The van der Waals surface area contributed by atoms with Crippen molar-refractivity contribution in [2.45, 2.75) is 37.8 Å². The monoisotopic (exact) mass is 733 g/mol. The lowest BCUT2D eigenvalue weighted by Gasteiger charge is -2.38. The van der Waals surface area contributed by atoms with Gasteiger partial charge in [0.05, 0.1) is 11.1 Å². The van der Waals surface area contributed by atoms with E-state index in [1.54, 1.807) is 0 Å². The minimum absolute atomic E-state index is 0.129. The molecule has 1 aliphatic heterocycles. The van der Waals surface area contributed by atoms with Crippen LogP contribution in [0.4, 0.5) is 17.1 Å². The molecule has 0 N–H and O–H groups in total. The van der Waals surface area contributed by atoms with Crippen molar-refractivity contribution in [2.75, 3.05) is 4.90 Å². The van der Waals surface area contributed by atoms with Crippen molar-refractivity contribution in [3.8, 4) is 33.4 Å². The zero-order chi connectivity index (χ0) is 37.8. The Hall–Kier alpha value is -6.22. The fourth-order valence-corrected chi connectivity index (χ4v) is 13.9. The molecular formula is C54H43NSi. The fraction of sp³-hybridized carbons (Fsp3) is 0.111. The van der Waals surface area contributed by atoms with Crippen LogP contribution in [0.25, 0.3) is 33.4 Å². The molecule has 3 aliphatic rings. The van der Waals surface area contributed by atoms with Crippen LogP contribution in [0.3, 0.4) is 0 Å². The first-order valence-electron chi connectivity index (χ1n) is 19.9. The summed E-state index contributed by atoms with van der Waals surface area (Å²) in [5.41, 5.74) is 18.9. The maximum atomic E-state index is 2.58. The van der Waals surface area contributed by atoms with Crippen molar-refractivity contribution in [1.29, 1.82) is 0 Å². The van der Waals surface area contributed by atoms with Crippen LogP contribution in [-0.2, 0) is 10.8 Å². The van der Waals surface area contributed by atoms with E-state index < -0.39 is 13.5 Å². The molecule has 1 heterocycles. The third-order valence-electron chi connectivity index (χ3n) is 13.4. The Bertz CT molecular complexity index is 2730. The maximum Gasteiger partial charge on any atom is 0.113 e. The molecule has 0 aromatic heterocycles. The van der Waals surface area contributed by atoms with Gasteiger partial charge in [0.15, 0.2) is 0 Å². The second kappa shape index (κ2) is 11.9. The van der Waals surface area contributed by atoms with Crippen molar-refractivity contribution in [3.63, 3.8) is 0 Å². The molecule has 0 unspecified atom stereocenters. The zero-order valence-corrected chi connectivity index (χ0v) is 33.3. The third-order valence-corrected chi connectivity index (χ3v) is 16.9. The summed E-state index contributed by atoms with van der Waals surface area (Å²) in [6, 6.07) is 71.2. The van der Waals surface area contributed by atoms with Gasteiger partial charge < -0.3 is 4.90 Å². The molecule has 0 amide bonds. The second-order valence-corrected chi connectivity index (χ2v) is 21.2. The van der Waals surface area contributed by atoms with Gasteiger partial charge in [0.1, 0.15) is 8.07 Å². The predicted octanol–water partition coefficient (Wildman–Crippen LogP) is 12.6. The van der Waals surface area contributed by atoms with Crippen molar-refractivity contribution in [2.24, 2.45) is 0 Å². The number of anilines is 3. The summed E-state index contributed by atoms with van der Waals surface area (Å²) >= 11 is 0. The van der Waals surface area contributed by atoms with E-state index >= 15 is 0 Å². The lowest BCUT2D eigenvalue weighted by atomic mass is 9.67. The summed E-state index contributed by atoms with van der Waals surface area (Å²) in [5.74, 6) is 0. The zero-order valence-electron chi connectivity index (χ0n) is 32.3. The van der Waals surface area contributed by atoms with Crippen LogP contribution in [-0.4, -0.2) is 8.07 Å². The van der Waals surface area contributed by atoms with E-state index in [2.05, 4.69) is 220 Å². The van der Waals surface area contributed by atoms with Gasteiger partial charge in [-0.15, -0.1) is 0 Å². The highest BCUT2D eigenvalue weighted by Crippen LogP contribution is 2.59. The SMILES string of the molecule is CC1(C)c2ccccc2-c2ccc(N(c3ccc4c(c3)[Si](C)(C)c3ccccc3-4)c3ccccc3C3(c4ccccc4)c4ccccc4-c4ccccc43)cc21. The second-order valence-electron chi connectivity index (χ2n) is 16.9. The molecular weight excluding hydrogens is 691 g/mol. The minimum atomic E-state index is -1.97. The van der Waals surface area contributed by atoms with Gasteiger partial charge in [-0.3, -0.25) is 0 Å². The van der Waals surface area contributed by atoms with Crippen LogP contribution >= 0.6 is 0 Å². The molecule has 0 radical (unpaired) electrons. The molecule has 1 nitrogen and oxygen atoms in total. The minimum Gasteiger partial charge on any atom is -0.310 e. The first-order chi connectivity index (χ1) is 27.3. The maximum absolute atomic E-state index is 2.58. The average molecular weight is 734 g/mol. The Labute approximate surface area is 331 Å². The lowest BCUT2D eigenvalue weighted by Crippen LogP contribution is -2.49. The Morgan fingerprint density at radius 3 is 1.52 bits per heavy atom. The van der Waals surface area contributed by atoms with Gasteiger partial charge in [0, 0.05) is 16.8 Å². The van der Waals surface area contributed by atoms with Gasteiger partial charge >= 0.3 is 0 Å². The van der Waals surface area contributed by atoms with Crippen LogP contribution in [0.15, 0.2) is 188 Å². The normalized spacial score (nSPS) is 15.6. The lowest BCUT2D eigenvalue weighted by molar-refractivity contribution is 0.660. The first kappa shape index (κ1) is 33.1. The van der Waals surface area contributed by atoms with E-state index in [0.29, 0.717) is 0 Å². The van der Waals surface area contributed by atoms with Gasteiger partial charge in [-0.2, -0.15) is 0 Å². The summed E-state index contributed by atoms with van der Waals surface area (Å²) in [5, 5.41) is 3.03. The number of hydrogen-bond acceptors (Lipinski definition) is 1. The smallest absolute Gasteiger partial charge is 0.113 e. The summed E-state index contributed by atoms with van der Waals surface area (Å²) in [6.45, 7) is 9.81. The molecule has 0 saturated heterocycles. The number of fused-ring (bicyclic) bond motifs is 9. The quantitative estimate of drug-likeness (QED) is 0.159. The van der Waals surface area contributed by atoms with E-state index in [0.717, 1.165) is 0 Å². The van der Waals surface area contributed by atoms with Gasteiger partial charge in [-0.05, 0) is 107 Å². The Morgan fingerprint density at radius 1 is 0.375 bits per heavy atom. The average Bonchev–Trinajstić information content (AvgIpc) is 3.76. The molecule has 2 aliphatic carbocycles. The van der Waals surface area contributed by atoms with E-state index in [1.807, 2.05) is 0 Å². The molecule has 0 bridgehead atoms. The van der Waals surface area contributed by atoms with Crippen LogP contribution in [0.2, 0.25) is 13.1 Å². The number of benzene rings is 8. The topological polar surface area (TPSA) is 3.24 Å². The highest BCUT2D eigenvalue weighted by atomic mass is 28.3. The van der Waals surface area contributed by atoms with Crippen LogP contribution in [0.1, 0.15) is 47.2 Å². The molecule has 0 fully saturated rings. The van der Waals surface area contributed by atoms with E-state index in [9.17, 15) is 0 Å². The van der Waals surface area contributed by atoms with Crippen molar-refractivity contribution in [3.05, 3.63) is 221 Å². The van der Waals surface area contributed by atoms with Gasteiger partial charge in [-0.25, -0.2) is 0 Å². The largest absolute Gasteiger partial charge is 0.310 e. The summed E-state index contributed by atoms with van der Waals surface area (Å²) in [6.07, 6.45) is 0. The molecule has 0 atom stereocenters. The molecule has 11 rings (SSSR count). The van der Waals surface area contributed by atoms with E-state index in [-0.39, 0.29) is 5.41 Å². The summed E-state index contributed by atoms with van der Waals surface area (Å²) < 4.78 is 0. The number of rotatable bonds is 5. The molecule has 8 aromatic rings. The predicted molar refractivity (Wildman–Crippen MR) is 238 cm³/mol. The van der Waals surface area contributed by atoms with E-state index in [1.165, 1.54) is 94.2 Å². The third kappa shape index (κ3) is 4.36. The van der Waals surface area contributed by atoms with Gasteiger partial charge in [0.2, 0.25) is 0 Å². The summed E-state index contributed by atoms with van der Waals surface area (Å²) in [7, 11) is -1.97. The first-order valence-corrected chi connectivity index (χ1v) is 22.9. The fourth-order valence-electron chi connectivity index (χ4n) is 10.8. The summed E-state index contributed by atoms with van der Waals surface area (Å²) in [4.78, 5) is 2.58. The number of para-hydroxylation sites is 1. The standard InChI is InChI=1S/C54H43NSi/c1-53(2)45-24-12-8-20-39(45)42-32-30-37(34-49(42)53)55(38-31-33-44-43-23-11-17-29-51(43)56(3,4)52(44)35-38)50-28-16-15-27-48(50)54(36-18-6-5-7-19-36)46-25-13-9-21-40(46)41-22-10-14-26-47(41)54/h5-35H,1-4H3. The van der Waals surface area contributed by atoms with Crippen molar-refractivity contribution in [1.82, 2.24) is 0 Å². The Kier molecular flexibility index (Phi) is 7.04. The highest BCUT2D eigenvalue weighted by molar-refractivity contribution is 7.03. The van der Waals surface area contributed by atoms with E-state index in [4.69, 9.17) is 0 Å².